The molecular weight excluding hydrogens is 236 g/mol. The first-order valence-electron chi connectivity index (χ1n) is 7.37. The average Bonchev–Trinajstić information content (AvgIpc) is 3.24. The topological polar surface area (TPSA) is 31.4 Å². The van der Waals surface area contributed by atoms with Crippen LogP contribution in [0.5, 0.6) is 0 Å². The van der Waals surface area contributed by atoms with Crippen LogP contribution in [0.2, 0.25) is 0 Å². The van der Waals surface area contributed by atoms with Gasteiger partial charge in [-0.2, -0.15) is 0 Å². The maximum atomic E-state index is 4.67. The highest BCUT2D eigenvalue weighted by Crippen LogP contribution is 2.28. The van der Waals surface area contributed by atoms with E-state index in [0.717, 1.165) is 25.7 Å². The van der Waals surface area contributed by atoms with Gasteiger partial charge < -0.3 is 10.2 Å². The summed E-state index contributed by atoms with van der Waals surface area (Å²) in [6.45, 7) is 7.71. The molecule has 2 aliphatic rings. The molecule has 1 aliphatic heterocycles. The Kier molecular flexibility index (Phi) is 3.71. The van der Waals surface area contributed by atoms with Gasteiger partial charge in [0.1, 0.15) is 5.82 Å². The Morgan fingerprint density at radius 2 is 2.00 bits per heavy atom. The highest BCUT2D eigenvalue weighted by Gasteiger charge is 2.31. The molecule has 0 bridgehead atoms. The fourth-order valence-electron chi connectivity index (χ4n) is 3.00. The molecule has 0 spiro atoms. The molecule has 4 nitrogen and oxygen atoms in total. The van der Waals surface area contributed by atoms with E-state index in [4.69, 9.17) is 0 Å². The average molecular weight is 260 g/mol. The molecule has 1 aromatic rings. The number of pyridine rings is 1. The first-order chi connectivity index (χ1) is 9.28. The van der Waals surface area contributed by atoms with Gasteiger partial charge in [-0.05, 0) is 44.0 Å². The molecule has 2 fully saturated rings. The molecule has 1 saturated heterocycles. The van der Waals surface area contributed by atoms with Gasteiger partial charge >= 0.3 is 0 Å². The number of rotatable bonds is 4. The van der Waals surface area contributed by atoms with Crippen molar-refractivity contribution in [2.45, 2.75) is 32.4 Å². The van der Waals surface area contributed by atoms with Crippen molar-refractivity contribution in [3.63, 3.8) is 0 Å². The summed E-state index contributed by atoms with van der Waals surface area (Å²) in [7, 11) is 1.97. The number of hydrogen-bond acceptors (Lipinski definition) is 4. The van der Waals surface area contributed by atoms with Crippen LogP contribution in [0.15, 0.2) is 12.3 Å². The van der Waals surface area contributed by atoms with E-state index in [1.165, 1.54) is 42.9 Å². The first-order valence-corrected chi connectivity index (χ1v) is 7.37. The predicted octanol–water partition coefficient (Wildman–Crippen LogP) is 1.39. The van der Waals surface area contributed by atoms with Gasteiger partial charge in [0, 0.05) is 45.0 Å². The number of aromatic nitrogens is 1. The van der Waals surface area contributed by atoms with Gasteiger partial charge in [-0.25, -0.2) is 4.98 Å². The number of anilines is 1. The molecule has 1 saturated carbocycles. The minimum atomic E-state index is 0.892. The lowest BCUT2D eigenvalue weighted by Gasteiger charge is -2.36. The standard InChI is InChI=1S/C15H24N4/c1-12-9-13(10-16-2)11-17-15(12)19-7-5-18(6-8-19)14-3-4-14/h9,11,14,16H,3-8,10H2,1-2H3. The third-order valence-electron chi connectivity index (χ3n) is 4.17. The number of aryl methyl sites for hydroxylation is 1. The molecule has 4 heteroatoms. The van der Waals surface area contributed by atoms with E-state index in [1.54, 1.807) is 0 Å². The largest absolute Gasteiger partial charge is 0.354 e. The summed E-state index contributed by atoms with van der Waals surface area (Å²) >= 11 is 0. The van der Waals surface area contributed by atoms with Crippen molar-refractivity contribution in [3.8, 4) is 0 Å². The summed E-state index contributed by atoms with van der Waals surface area (Å²) in [5.74, 6) is 1.18. The summed E-state index contributed by atoms with van der Waals surface area (Å²) in [4.78, 5) is 9.76. The quantitative estimate of drug-likeness (QED) is 0.886. The highest BCUT2D eigenvalue weighted by molar-refractivity contribution is 5.47. The minimum absolute atomic E-state index is 0.892. The van der Waals surface area contributed by atoms with Gasteiger partial charge in [-0.3, -0.25) is 4.90 Å². The number of nitrogens with one attached hydrogen (secondary N) is 1. The first kappa shape index (κ1) is 12.9. The third kappa shape index (κ3) is 2.90. The van der Waals surface area contributed by atoms with Crippen molar-refractivity contribution in [3.05, 3.63) is 23.4 Å². The van der Waals surface area contributed by atoms with Crippen molar-refractivity contribution in [2.24, 2.45) is 0 Å². The molecule has 0 atom stereocenters. The fraction of sp³-hybridized carbons (Fsp3) is 0.667. The van der Waals surface area contributed by atoms with E-state index < -0.39 is 0 Å². The second kappa shape index (κ2) is 5.47. The Morgan fingerprint density at radius 1 is 1.26 bits per heavy atom. The summed E-state index contributed by atoms with van der Waals surface area (Å²) in [5.41, 5.74) is 2.56. The molecule has 0 radical (unpaired) electrons. The monoisotopic (exact) mass is 260 g/mol. The second-order valence-electron chi connectivity index (χ2n) is 5.77. The molecule has 19 heavy (non-hydrogen) atoms. The van der Waals surface area contributed by atoms with Gasteiger partial charge in [-0.1, -0.05) is 0 Å². The Morgan fingerprint density at radius 3 is 2.58 bits per heavy atom. The smallest absolute Gasteiger partial charge is 0.131 e. The van der Waals surface area contributed by atoms with Crippen molar-refractivity contribution >= 4 is 5.82 Å². The number of nitrogens with zero attached hydrogens (tertiary/aromatic N) is 3. The van der Waals surface area contributed by atoms with Crippen LogP contribution in [0, 0.1) is 6.92 Å². The van der Waals surface area contributed by atoms with Crippen molar-refractivity contribution in [2.75, 3.05) is 38.1 Å². The van der Waals surface area contributed by atoms with E-state index in [0.29, 0.717) is 0 Å². The van der Waals surface area contributed by atoms with E-state index in [2.05, 4.69) is 33.1 Å². The normalized spacial score (nSPS) is 20.8. The zero-order valence-corrected chi connectivity index (χ0v) is 12.0. The van der Waals surface area contributed by atoms with Crippen LogP contribution in [0.4, 0.5) is 5.82 Å². The van der Waals surface area contributed by atoms with Gasteiger partial charge in [0.05, 0.1) is 0 Å². The minimum Gasteiger partial charge on any atom is -0.354 e. The molecule has 0 unspecified atom stereocenters. The number of hydrogen-bond donors (Lipinski definition) is 1. The fourth-order valence-corrected chi connectivity index (χ4v) is 3.00. The Labute approximate surface area is 115 Å². The molecule has 1 aliphatic carbocycles. The van der Waals surface area contributed by atoms with Gasteiger partial charge in [0.2, 0.25) is 0 Å². The van der Waals surface area contributed by atoms with Crippen molar-refractivity contribution < 1.29 is 0 Å². The predicted molar refractivity (Wildman–Crippen MR) is 78.5 cm³/mol. The van der Waals surface area contributed by atoms with Crippen molar-refractivity contribution in [1.29, 1.82) is 0 Å². The molecular formula is C15H24N4. The van der Waals surface area contributed by atoms with E-state index in [9.17, 15) is 0 Å². The lowest BCUT2D eigenvalue weighted by molar-refractivity contribution is 0.247. The maximum Gasteiger partial charge on any atom is 0.131 e. The van der Waals surface area contributed by atoms with Crippen LogP contribution in [-0.4, -0.2) is 49.2 Å². The van der Waals surface area contributed by atoms with Crippen LogP contribution < -0.4 is 10.2 Å². The van der Waals surface area contributed by atoms with Gasteiger partial charge in [-0.15, -0.1) is 0 Å². The molecule has 1 aromatic heterocycles. The Balaban J connectivity index is 1.65. The van der Waals surface area contributed by atoms with Crippen LogP contribution in [0.1, 0.15) is 24.0 Å². The molecule has 0 amide bonds. The molecule has 3 rings (SSSR count). The zero-order valence-electron chi connectivity index (χ0n) is 12.0. The molecule has 1 N–H and O–H groups in total. The molecule has 2 heterocycles. The van der Waals surface area contributed by atoms with Crippen LogP contribution >= 0.6 is 0 Å². The highest BCUT2D eigenvalue weighted by atomic mass is 15.3. The van der Waals surface area contributed by atoms with Crippen molar-refractivity contribution in [1.82, 2.24) is 15.2 Å². The number of piperazine rings is 1. The van der Waals surface area contributed by atoms with Crippen LogP contribution in [-0.2, 0) is 6.54 Å². The van der Waals surface area contributed by atoms with E-state index >= 15 is 0 Å². The van der Waals surface area contributed by atoms with E-state index in [-0.39, 0.29) is 0 Å². The summed E-state index contributed by atoms with van der Waals surface area (Å²) in [5, 5.41) is 3.18. The Bertz CT molecular complexity index is 434. The van der Waals surface area contributed by atoms with E-state index in [1.807, 2.05) is 13.2 Å². The SMILES string of the molecule is CNCc1cnc(N2CCN(C3CC3)CC2)c(C)c1. The summed E-state index contributed by atoms with van der Waals surface area (Å²) in [6.07, 6.45) is 4.83. The Hall–Kier alpha value is -1.13. The third-order valence-corrected chi connectivity index (χ3v) is 4.17. The molecule has 104 valence electrons. The van der Waals surface area contributed by atoms with Crippen LogP contribution in [0.3, 0.4) is 0 Å². The van der Waals surface area contributed by atoms with Gasteiger partial charge in [0.25, 0.3) is 0 Å². The summed E-state index contributed by atoms with van der Waals surface area (Å²) in [6, 6.07) is 3.15. The summed E-state index contributed by atoms with van der Waals surface area (Å²) < 4.78 is 0. The maximum absolute atomic E-state index is 4.67. The lowest BCUT2D eigenvalue weighted by atomic mass is 10.2. The zero-order chi connectivity index (χ0) is 13.2. The molecule has 0 aromatic carbocycles. The second-order valence-corrected chi connectivity index (χ2v) is 5.77. The lowest BCUT2D eigenvalue weighted by Crippen LogP contribution is -2.47. The van der Waals surface area contributed by atoms with Gasteiger partial charge in [0.15, 0.2) is 0 Å². The van der Waals surface area contributed by atoms with Crippen LogP contribution in [0.25, 0.3) is 0 Å².